The van der Waals surface area contributed by atoms with Gasteiger partial charge in [0.1, 0.15) is 18.9 Å². The Balaban J connectivity index is 0.000000164. The molecule has 340 valence electrons. The molecule has 5 heterocycles. The zero-order chi connectivity index (χ0) is 45.6. The number of carbonyl (C=O) groups excluding carboxylic acids is 1. The number of fused-ring (bicyclic) bond motifs is 4. The molecule has 3 saturated heterocycles. The fraction of sp³-hybridized carbons (Fsp3) is 0.308. The summed E-state index contributed by atoms with van der Waals surface area (Å²) >= 11 is 6.12. The number of ether oxygens (including phenoxy) is 1. The molecule has 2 bridgehead atoms. The number of quaternary nitrogens is 1. The minimum atomic E-state index is -1.78. The Morgan fingerprint density at radius 1 is 0.877 bits per heavy atom. The number of hydrogen-bond acceptors (Lipinski definition) is 7. The maximum atomic E-state index is 13.2. The van der Waals surface area contributed by atoms with Crippen molar-refractivity contribution in [3.63, 3.8) is 0 Å². The van der Waals surface area contributed by atoms with Gasteiger partial charge in [0.15, 0.2) is 6.10 Å². The molecule has 3 fully saturated rings. The van der Waals surface area contributed by atoms with E-state index in [9.17, 15) is 19.9 Å². The fourth-order valence-electron chi connectivity index (χ4n) is 9.06. The second kappa shape index (κ2) is 21.1. The van der Waals surface area contributed by atoms with E-state index in [1.165, 1.54) is 5.06 Å². The number of aromatic nitrogens is 2. The van der Waals surface area contributed by atoms with Gasteiger partial charge in [0.05, 0.1) is 36.9 Å². The van der Waals surface area contributed by atoms with Crippen LogP contribution in [-0.2, 0) is 22.2 Å². The molecule has 0 aliphatic carbocycles. The molecule has 11 nitrogen and oxygen atoms in total. The van der Waals surface area contributed by atoms with Crippen LogP contribution >= 0.6 is 11.6 Å². The van der Waals surface area contributed by atoms with E-state index in [1.54, 1.807) is 42.1 Å². The van der Waals surface area contributed by atoms with Gasteiger partial charge in [-0.2, -0.15) is 0 Å². The van der Waals surface area contributed by atoms with Crippen molar-refractivity contribution >= 4 is 29.1 Å². The monoisotopic (exact) mass is 960 g/mol. The van der Waals surface area contributed by atoms with Crippen molar-refractivity contribution in [1.82, 2.24) is 14.4 Å². The van der Waals surface area contributed by atoms with E-state index in [0.29, 0.717) is 33.6 Å². The molecule has 0 amide bonds. The van der Waals surface area contributed by atoms with Crippen LogP contribution in [0.4, 0.5) is 0 Å². The van der Waals surface area contributed by atoms with Crippen molar-refractivity contribution in [2.45, 2.75) is 51.2 Å². The Morgan fingerprint density at radius 2 is 1.42 bits per heavy atom. The van der Waals surface area contributed by atoms with Crippen LogP contribution in [0, 0.1) is 12.8 Å². The van der Waals surface area contributed by atoms with Crippen molar-refractivity contribution in [3.05, 3.63) is 193 Å². The number of likely N-dealkylation sites (N-methyl/N-ethyl adjacent to an activating group) is 1. The number of halogens is 2. The lowest BCUT2D eigenvalue weighted by Gasteiger charge is -2.50. The van der Waals surface area contributed by atoms with Crippen molar-refractivity contribution in [3.8, 4) is 5.69 Å². The highest BCUT2D eigenvalue weighted by molar-refractivity contribution is 6.30. The molecule has 0 saturated carbocycles. The third kappa shape index (κ3) is 10.6. The van der Waals surface area contributed by atoms with Crippen LogP contribution in [0.3, 0.4) is 0 Å². The van der Waals surface area contributed by atoms with E-state index < -0.39 is 11.6 Å². The third-order valence-corrected chi connectivity index (χ3v) is 12.9. The second-order valence-corrected chi connectivity index (χ2v) is 17.7. The summed E-state index contributed by atoms with van der Waals surface area (Å²) in [6.45, 7) is 9.48. The van der Waals surface area contributed by atoms with E-state index in [1.807, 2.05) is 128 Å². The van der Waals surface area contributed by atoms with Gasteiger partial charge in [0.25, 0.3) is 5.56 Å². The molecule has 5 aromatic carbocycles. The summed E-state index contributed by atoms with van der Waals surface area (Å²) in [4.78, 5) is 34.2. The summed E-state index contributed by atoms with van der Waals surface area (Å²) in [5.41, 5.74) is 3.81. The minimum Gasteiger partial charge on any atom is -1.00 e. The van der Waals surface area contributed by atoms with E-state index in [0.717, 1.165) is 70.0 Å². The Labute approximate surface area is 396 Å². The molecule has 10 rings (SSSR count). The van der Waals surface area contributed by atoms with Crippen LogP contribution in [0.1, 0.15) is 60.6 Å². The number of hydrogen-bond donors (Lipinski definition) is 2. The van der Waals surface area contributed by atoms with E-state index in [-0.39, 0.29) is 41.1 Å². The molecule has 1 atom stereocenters. The number of benzene rings is 5. The molecular weight excluding hydrogens is 904 g/mol. The highest BCUT2D eigenvalue weighted by atomic mass is 79.9. The molecule has 2 N–H and O–H groups in total. The number of para-hydroxylation sites is 1. The van der Waals surface area contributed by atoms with Crippen molar-refractivity contribution in [1.29, 1.82) is 0 Å². The van der Waals surface area contributed by atoms with Crippen molar-refractivity contribution in [2.75, 3.05) is 40.3 Å². The second-order valence-electron chi connectivity index (χ2n) is 17.3. The van der Waals surface area contributed by atoms with Crippen molar-refractivity contribution in [2.24, 2.45) is 23.0 Å². The van der Waals surface area contributed by atoms with Gasteiger partial charge < -0.3 is 31.3 Å². The number of nitrogens with zero attached hydrogens (tertiary/aromatic N) is 6. The molecule has 4 aliphatic rings. The van der Waals surface area contributed by atoms with Crippen LogP contribution < -0.4 is 33.1 Å². The standard InChI is InChI=1S/C22H26NO3.C16H14ClN3O.C14H18N2O.BrH/c1-23-14-12-17(13-15-23)20(16-23)26-21(24)22(25,18-8-4-2-5-9-18)19-10-6-3-7-11-19;1-18-15-10-20(21)16(11-5-3-2-4-6-11)13-9-12(17)7-8-14(13)19-15;1-10(2)13-11(3)15(4)16(14(13)17)12-8-6-5-7-9-12;/h2-11,17,20,25H,12-16H2,1H3;2-9,21H,10H2,1H3;5-10H,1-4H3;1H/q+1;;;/p-1. The Bertz CT molecular complexity index is 2730. The first-order chi connectivity index (χ1) is 30.7. The quantitative estimate of drug-likeness (QED) is 0.183. The van der Waals surface area contributed by atoms with Gasteiger partial charge in [0.2, 0.25) is 5.60 Å². The molecule has 1 aromatic heterocycles. The van der Waals surface area contributed by atoms with Gasteiger partial charge in [-0.15, -0.1) is 0 Å². The first kappa shape index (κ1) is 48.8. The molecule has 0 spiro atoms. The topological polar surface area (TPSA) is 122 Å². The van der Waals surface area contributed by atoms with Gasteiger partial charge in [-0.05, 0) is 54.3 Å². The summed E-state index contributed by atoms with van der Waals surface area (Å²) in [5, 5.41) is 25.3. The lowest BCUT2D eigenvalue weighted by Crippen LogP contribution is -3.00. The van der Waals surface area contributed by atoms with E-state index in [4.69, 9.17) is 16.3 Å². The first-order valence-corrected chi connectivity index (χ1v) is 22.2. The molecule has 4 aliphatic heterocycles. The Morgan fingerprint density at radius 3 is 1.92 bits per heavy atom. The molecule has 13 heteroatoms. The number of aliphatic imine (C=N–C) groups is 1. The van der Waals surface area contributed by atoms with Crippen LogP contribution in [0.15, 0.2) is 154 Å². The predicted molar refractivity (Wildman–Crippen MR) is 252 cm³/mol. The Hall–Kier alpha value is -5.63. The number of amidine groups is 1. The normalized spacial score (nSPS) is 19.4. The fourth-order valence-corrected chi connectivity index (χ4v) is 9.24. The molecular formula is C52H58BrClN6O5. The maximum absolute atomic E-state index is 13.2. The summed E-state index contributed by atoms with van der Waals surface area (Å²) in [5.74, 6) is 0.653. The number of rotatable bonds is 7. The summed E-state index contributed by atoms with van der Waals surface area (Å²) in [7, 11) is 5.82. The maximum Gasteiger partial charge on any atom is 0.348 e. The number of hydroxylamine groups is 2. The third-order valence-electron chi connectivity index (χ3n) is 12.7. The number of carbonyl (C=O) groups is 1. The molecule has 0 radical (unpaired) electrons. The van der Waals surface area contributed by atoms with E-state index in [2.05, 4.69) is 30.9 Å². The number of piperidine rings is 3. The van der Waals surface area contributed by atoms with Gasteiger partial charge in [-0.25, -0.2) is 19.5 Å². The predicted octanol–water partition coefficient (Wildman–Crippen LogP) is 4.17. The average Bonchev–Trinajstić information content (AvgIpc) is 3.44. The van der Waals surface area contributed by atoms with Gasteiger partial charge in [-0.1, -0.05) is 135 Å². The average molecular weight is 962 g/mol. The van der Waals surface area contributed by atoms with Gasteiger partial charge in [-0.3, -0.25) is 19.7 Å². The molecule has 65 heavy (non-hydrogen) atoms. The van der Waals surface area contributed by atoms with Crippen LogP contribution in [0.25, 0.3) is 11.4 Å². The summed E-state index contributed by atoms with van der Waals surface area (Å²) < 4.78 is 10.6. The summed E-state index contributed by atoms with van der Waals surface area (Å²) in [6, 6.07) is 43.0. The molecule has 6 aromatic rings. The summed E-state index contributed by atoms with van der Waals surface area (Å²) in [6.07, 6.45) is 2.06. The largest absolute Gasteiger partial charge is 1.00 e. The van der Waals surface area contributed by atoms with Crippen LogP contribution in [0.2, 0.25) is 5.02 Å². The first-order valence-electron chi connectivity index (χ1n) is 21.8. The minimum absolute atomic E-state index is 0. The highest BCUT2D eigenvalue weighted by Gasteiger charge is 2.49. The van der Waals surface area contributed by atoms with Crippen LogP contribution in [0.5, 0.6) is 0 Å². The van der Waals surface area contributed by atoms with Crippen LogP contribution in [-0.4, -0.2) is 87.4 Å². The number of esters is 1. The van der Waals surface area contributed by atoms with E-state index >= 15 is 0 Å². The zero-order valence-electron chi connectivity index (χ0n) is 37.8. The van der Waals surface area contributed by atoms with Gasteiger partial charge >= 0.3 is 5.97 Å². The lowest BCUT2D eigenvalue weighted by atomic mass is 9.83. The highest BCUT2D eigenvalue weighted by Crippen LogP contribution is 2.37. The number of aliphatic hydroxyl groups is 1. The smallest absolute Gasteiger partial charge is 0.348 e. The van der Waals surface area contributed by atoms with Gasteiger partial charge in [0, 0.05) is 59.9 Å². The zero-order valence-corrected chi connectivity index (χ0v) is 40.2. The Kier molecular flexibility index (Phi) is 15.9. The molecule has 1 unspecified atom stereocenters. The lowest BCUT2D eigenvalue weighted by molar-refractivity contribution is -0.928. The SMILES string of the molecule is CN=C1CN(O)C(c2ccccc2)=c2cc(Cl)ccc2=N1.C[N+]12CCC(CC1)C(OC(=O)C(O)(c1ccccc1)c1ccccc1)C2.Cc1c(C(C)C)c(=O)n(-c2ccccc2)n1C.[Br-]. The van der Waals surface area contributed by atoms with Crippen molar-refractivity contribution < 1.29 is 41.3 Å².